The number of carbonyl (C=O) groups is 1. The molecule has 0 saturated heterocycles. The summed E-state index contributed by atoms with van der Waals surface area (Å²) in [5.74, 6) is -0.862. The maximum atomic E-state index is 10.5. The molecular formula is C8H7IO2. The van der Waals surface area contributed by atoms with Crippen LogP contribution >= 0.6 is 22.6 Å². The predicted octanol–water partition coefficient (Wildman–Crippen LogP) is 2.30. The average molecular weight is 262 g/mol. The summed E-state index contributed by atoms with van der Waals surface area (Å²) in [6.45, 7) is 1.80. The van der Waals surface area contributed by atoms with E-state index in [2.05, 4.69) is 22.6 Å². The first-order valence-corrected chi connectivity index (χ1v) is 4.18. The highest BCUT2D eigenvalue weighted by Crippen LogP contribution is 2.12. The summed E-state index contributed by atoms with van der Waals surface area (Å²) in [6.07, 6.45) is 0. The van der Waals surface area contributed by atoms with E-state index in [1.54, 1.807) is 19.1 Å². The number of aromatic carboxylic acids is 1. The molecule has 0 aromatic heterocycles. The third-order valence-corrected chi connectivity index (χ3v) is 2.09. The fourth-order valence-electron chi connectivity index (χ4n) is 0.867. The van der Waals surface area contributed by atoms with E-state index in [1.165, 1.54) is 0 Å². The Bertz CT molecular complexity index is 294. The fourth-order valence-corrected chi connectivity index (χ4v) is 1.51. The van der Waals surface area contributed by atoms with Crippen molar-refractivity contribution in [2.45, 2.75) is 6.92 Å². The van der Waals surface area contributed by atoms with Gasteiger partial charge in [0.25, 0.3) is 0 Å². The molecule has 1 aromatic carbocycles. The van der Waals surface area contributed by atoms with Crippen molar-refractivity contribution in [1.82, 2.24) is 0 Å². The van der Waals surface area contributed by atoms with Crippen LogP contribution in [0.3, 0.4) is 0 Å². The molecule has 1 rings (SSSR count). The number of rotatable bonds is 1. The lowest BCUT2D eigenvalue weighted by Crippen LogP contribution is -1.99. The molecule has 0 aliphatic rings. The second kappa shape index (κ2) is 3.21. The van der Waals surface area contributed by atoms with Crippen LogP contribution in [0.25, 0.3) is 0 Å². The number of hydrogen-bond donors (Lipinski definition) is 1. The van der Waals surface area contributed by atoms with E-state index < -0.39 is 5.97 Å². The Balaban J connectivity index is 3.20. The van der Waals surface area contributed by atoms with Gasteiger partial charge in [0.1, 0.15) is 0 Å². The molecule has 11 heavy (non-hydrogen) atoms. The SMILES string of the molecule is Cc1cc(I)ccc1C(=O)O. The molecular weight excluding hydrogens is 255 g/mol. The predicted molar refractivity (Wildman–Crippen MR) is 50.9 cm³/mol. The monoisotopic (exact) mass is 262 g/mol. The van der Waals surface area contributed by atoms with Crippen molar-refractivity contribution in [3.05, 3.63) is 32.9 Å². The molecule has 1 aromatic rings. The Hall–Kier alpha value is -0.580. The van der Waals surface area contributed by atoms with Crippen LogP contribution in [0.1, 0.15) is 15.9 Å². The van der Waals surface area contributed by atoms with E-state index in [0.29, 0.717) is 5.56 Å². The van der Waals surface area contributed by atoms with E-state index >= 15 is 0 Å². The van der Waals surface area contributed by atoms with Crippen LogP contribution in [-0.2, 0) is 0 Å². The topological polar surface area (TPSA) is 37.3 Å². The lowest BCUT2D eigenvalue weighted by molar-refractivity contribution is 0.0696. The zero-order valence-electron chi connectivity index (χ0n) is 5.97. The van der Waals surface area contributed by atoms with Gasteiger partial charge in [-0.15, -0.1) is 0 Å². The Morgan fingerprint density at radius 1 is 1.55 bits per heavy atom. The molecule has 0 aliphatic heterocycles. The van der Waals surface area contributed by atoms with Gasteiger partial charge in [-0.2, -0.15) is 0 Å². The highest BCUT2D eigenvalue weighted by atomic mass is 127. The number of carboxylic acids is 1. The highest BCUT2D eigenvalue weighted by molar-refractivity contribution is 14.1. The Labute approximate surface area is 78.4 Å². The molecule has 0 unspecified atom stereocenters. The molecule has 3 heteroatoms. The van der Waals surface area contributed by atoms with E-state index in [9.17, 15) is 4.79 Å². The normalized spacial score (nSPS) is 9.64. The first-order chi connectivity index (χ1) is 5.11. The van der Waals surface area contributed by atoms with E-state index in [4.69, 9.17) is 5.11 Å². The standard InChI is InChI=1S/C8H7IO2/c1-5-4-6(9)2-3-7(5)8(10)11/h2-4H,1H3,(H,10,11). The maximum Gasteiger partial charge on any atom is 0.335 e. The quantitative estimate of drug-likeness (QED) is 0.788. The smallest absolute Gasteiger partial charge is 0.335 e. The first kappa shape index (κ1) is 8.52. The number of hydrogen-bond acceptors (Lipinski definition) is 1. The third-order valence-electron chi connectivity index (χ3n) is 1.42. The van der Waals surface area contributed by atoms with Crippen molar-refractivity contribution in [2.75, 3.05) is 0 Å². The summed E-state index contributed by atoms with van der Waals surface area (Å²) in [4.78, 5) is 10.5. The van der Waals surface area contributed by atoms with Crippen molar-refractivity contribution in [1.29, 1.82) is 0 Å². The summed E-state index contributed by atoms with van der Waals surface area (Å²) in [5, 5.41) is 8.65. The molecule has 0 amide bonds. The van der Waals surface area contributed by atoms with E-state index in [-0.39, 0.29) is 0 Å². The van der Waals surface area contributed by atoms with Crippen molar-refractivity contribution >= 4 is 28.6 Å². The molecule has 0 aliphatic carbocycles. The Morgan fingerprint density at radius 3 is 2.64 bits per heavy atom. The Kier molecular flexibility index (Phi) is 2.49. The maximum absolute atomic E-state index is 10.5. The molecule has 2 nitrogen and oxygen atoms in total. The fraction of sp³-hybridized carbons (Fsp3) is 0.125. The average Bonchev–Trinajstić information content (AvgIpc) is 1.85. The van der Waals surface area contributed by atoms with Gasteiger partial charge in [-0.05, 0) is 53.3 Å². The van der Waals surface area contributed by atoms with Gasteiger partial charge in [-0.25, -0.2) is 4.79 Å². The van der Waals surface area contributed by atoms with Crippen LogP contribution in [0.5, 0.6) is 0 Å². The van der Waals surface area contributed by atoms with Crippen LogP contribution in [0.15, 0.2) is 18.2 Å². The third kappa shape index (κ3) is 1.92. The van der Waals surface area contributed by atoms with Gasteiger partial charge < -0.3 is 5.11 Å². The molecule has 0 spiro atoms. The molecule has 0 saturated carbocycles. The number of benzene rings is 1. The summed E-state index contributed by atoms with van der Waals surface area (Å²) in [5.41, 5.74) is 1.19. The van der Waals surface area contributed by atoms with Gasteiger partial charge in [0.15, 0.2) is 0 Å². The van der Waals surface area contributed by atoms with Gasteiger partial charge in [0, 0.05) is 3.57 Å². The second-order valence-corrected chi connectivity index (χ2v) is 3.51. The zero-order valence-corrected chi connectivity index (χ0v) is 8.12. The number of halogens is 1. The zero-order chi connectivity index (χ0) is 8.43. The van der Waals surface area contributed by atoms with Gasteiger partial charge in [0.05, 0.1) is 5.56 Å². The van der Waals surface area contributed by atoms with Crippen molar-refractivity contribution in [3.8, 4) is 0 Å². The Morgan fingerprint density at radius 2 is 2.18 bits per heavy atom. The molecule has 0 heterocycles. The van der Waals surface area contributed by atoms with Crippen LogP contribution in [0.4, 0.5) is 0 Å². The molecule has 1 N–H and O–H groups in total. The first-order valence-electron chi connectivity index (χ1n) is 3.10. The van der Waals surface area contributed by atoms with Crippen molar-refractivity contribution in [2.24, 2.45) is 0 Å². The van der Waals surface area contributed by atoms with Crippen molar-refractivity contribution in [3.63, 3.8) is 0 Å². The van der Waals surface area contributed by atoms with Crippen LogP contribution in [-0.4, -0.2) is 11.1 Å². The molecule has 58 valence electrons. The minimum Gasteiger partial charge on any atom is -0.478 e. The van der Waals surface area contributed by atoms with Crippen LogP contribution in [0.2, 0.25) is 0 Å². The molecule has 0 bridgehead atoms. The van der Waals surface area contributed by atoms with E-state index in [1.807, 2.05) is 6.07 Å². The van der Waals surface area contributed by atoms with Gasteiger partial charge in [0.2, 0.25) is 0 Å². The number of carboxylic acid groups (broad SMARTS) is 1. The lowest BCUT2D eigenvalue weighted by Gasteiger charge is -1.99. The summed E-state index contributed by atoms with van der Waals surface area (Å²) in [6, 6.07) is 5.26. The second-order valence-electron chi connectivity index (χ2n) is 2.26. The molecule has 0 fully saturated rings. The minimum absolute atomic E-state index is 0.380. The summed E-state index contributed by atoms with van der Waals surface area (Å²) < 4.78 is 1.06. The largest absolute Gasteiger partial charge is 0.478 e. The lowest BCUT2D eigenvalue weighted by atomic mass is 10.1. The van der Waals surface area contributed by atoms with E-state index in [0.717, 1.165) is 9.13 Å². The summed E-state index contributed by atoms with van der Waals surface area (Å²) in [7, 11) is 0. The number of aryl methyl sites for hydroxylation is 1. The molecule has 0 radical (unpaired) electrons. The molecule has 0 atom stereocenters. The van der Waals surface area contributed by atoms with Crippen LogP contribution in [0, 0.1) is 10.5 Å². The van der Waals surface area contributed by atoms with Crippen molar-refractivity contribution < 1.29 is 9.90 Å². The van der Waals surface area contributed by atoms with Gasteiger partial charge >= 0.3 is 5.97 Å². The van der Waals surface area contributed by atoms with Gasteiger partial charge in [-0.3, -0.25) is 0 Å². The highest BCUT2D eigenvalue weighted by Gasteiger charge is 2.05. The van der Waals surface area contributed by atoms with Crippen LogP contribution < -0.4 is 0 Å². The minimum atomic E-state index is -0.862. The summed E-state index contributed by atoms with van der Waals surface area (Å²) >= 11 is 2.15. The van der Waals surface area contributed by atoms with Gasteiger partial charge in [-0.1, -0.05) is 0 Å².